The van der Waals surface area contributed by atoms with E-state index in [0.717, 1.165) is 42.9 Å². The zero-order chi connectivity index (χ0) is 19.6. The smallest absolute Gasteiger partial charge is 0.236 e. The second-order valence-corrected chi connectivity index (χ2v) is 10.1. The van der Waals surface area contributed by atoms with Crippen LogP contribution in [0.2, 0.25) is 0 Å². The Balaban J connectivity index is 1.84. The normalized spacial score (nSPS) is 19.1. The Morgan fingerprint density at radius 3 is 2.63 bits per heavy atom. The number of sulfone groups is 1. The lowest BCUT2D eigenvalue weighted by Crippen LogP contribution is -2.42. The fraction of sp³-hybridized carbons (Fsp3) is 0.474. The molecule has 0 spiro atoms. The molecule has 1 aromatic carbocycles. The van der Waals surface area contributed by atoms with Crippen LogP contribution in [0.5, 0.6) is 0 Å². The maximum atomic E-state index is 12.7. The summed E-state index contributed by atoms with van der Waals surface area (Å²) in [7, 11) is -3.22. The summed E-state index contributed by atoms with van der Waals surface area (Å²) in [6.07, 6.45) is 7.95. The number of rotatable bonds is 5. The number of nitrogens with zero attached hydrogens (tertiary/aromatic N) is 2. The number of carbonyl (C=O) groups excluding carboxylic acids is 1. The Morgan fingerprint density at radius 2 is 2.00 bits per heavy atom. The zero-order valence-corrected chi connectivity index (χ0v) is 17.4. The minimum atomic E-state index is -3.22. The molecule has 1 aliphatic rings. The maximum Gasteiger partial charge on any atom is 0.236 e. The first-order chi connectivity index (χ1) is 12.8. The van der Waals surface area contributed by atoms with Crippen LogP contribution in [0.3, 0.4) is 0 Å². The van der Waals surface area contributed by atoms with E-state index in [1.807, 2.05) is 24.3 Å². The Kier molecular flexibility index (Phi) is 5.95. The van der Waals surface area contributed by atoms with E-state index in [4.69, 9.17) is 4.98 Å². The van der Waals surface area contributed by atoms with Crippen molar-refractivity contribution in [3.8, 4) is 11.3 Å². The van der Waals surface area contributed by atoms with Crippen molar-refractivity contribution in [1.82, 2.24) is 14.9 Å². The van der Waals surface area contributed by atoms with Crippen LogP contribution in [0.25, 0.3) is 11.3 Å². The van der Waals surface area contributed by atoms with E-state index < -0.39 is 9.84 Å². The predicted molar refractivity (Wildman–Crippen MR) is 108 cm³/mol. The number of benzene rings is 1. The van der Waals surface area contributed by atoms with Crippen LogP contribution in [0.4, 0.5) is 0 Å². The number of H-pyrrole nitrogens is 1. The molecule has 1 fully saturated rings. The highest BCUT2D eigenvalue weighted by molar-refractivity contribution is 7.99. The maximum absolute atomic E-state index is 12.7. The van der Waals surface area contributed by atoms with Gasteiger partial charge in [0.15, 0.2) is 9.84 Å². The molecule has 0 bridgehead atoms. The first-order valence-electron chi connectivity index (χ1n) is 9.00. The summed E-state index contributed by atoms with van der Waals surface area (Å²) in [5, 5.41) is -0.0661. The third kappa shape index (κ3) is 4.38. The van der Waals surface area contributed by atoms with E-state index in [9.17, 15) is 13.2 Å². The summed E-state index contributed by atoms with van der Waals surface area (Å²) in [5.74, 6) is 0.946. The van der Waals surface area contributed by atoms with Gasteiger partial charge in [-0.15, -0.1) is 0 Å². The number of imidazole rings is 1. The molecule has 1 aliphatic heterocycles. The van der Waals surface area contributed by atoms with Crippen LogP contribution in [-0.4, -0.2) is 53.5 Å². The summed E-state index contributed by atoms with van der Waals surface area (Å²) < 4.78 is 23.2. The molecule has 146 valence electrons. The van der Waals surface area contributed by atoms with Crippen LogP contribution < -0.4 is 0 Å². The number of carbonyl (C=O) groups is 1. The molecule has 0 radical (unpaired) electrons. The van der Waals surface area contributed by atoms with Crippen molar-refractivity contribution < 1.29 is 13.2 Å². The van der Waals surface area contributed by atoms with Gasteiger partial charge < -0.3 is 9.88 Å². The number of likely N-dealkylation sites (tertiary alicyclic amines) is 1. The van der Waals surface area contributed by atoms with Gasteiger partial charge in [-0.1, -0.05) is 12.1 Å². The van der Waals surface area contributed by atoms with Crippen molar-refractivity contribution in [3.05, 3.63) is 36.3 Å². The average Bonchev–Trinajstić information content (AvgIpc) is 3.16. The largest absolute Gasteiger partial charge is 0.346 e. The molecule has 2 heterocycles. The molecule has 8 heteroatoms. The third-order valence-electron chi connectivity index (χ3n) is 4.98. The van der Waals surface area contributed by atoms with Crippen LogP contribution in [0, 0.1) is 0 Å². The number of piperidine rings is 1. The van der Waals surface area contributed by atoms with Gasteiger partial charge in [-0.25, -0.2) is 13.4 Å². The lowest BCUT2D eigenvalue weighted by atomic mass is 10.0. The molecule has 0 saturated carbocycles. The molecule has 2 unspecified atom stereocenters. The highest BCUT2D eigenvalue weighted by atomic mass is 32.2. The molecule has 1 N–H and O–H groups in total. The Labute approximate surface area is 164 Å². The topological polar surface area (TPSA) is 83.1 Å². The molecule has 3 rings (SSSR count). The van der Waals surface area contributed by atoms with Gasteiger partial charge in [-0.2, -0.15) is 11.8 Å². The van der Waals surface area contributed by atoms with Crippen molar-refractivity contribution in [2.75, 3.05) is 19.1 Å². The second kappa shape index (κ2) is 8.06. The molecule has 1 aromatic heterocycles. The Bertz CT molecular complexity index is 907. The summed E-state index contributed by atoms with van der Waals surface area (Å²) >= 11 is 1.56. The van der Waals surface area contributed by atoms with Gasteiger partial charge in [-0.3, -0.25) is 4.79 Å². The fourth-order valence-electron chi connectivity index (χ4n) is 3.34. The molecule has 2 aromatic rings. The number of aromatic amines is 1. The Hall–Kier alpha value is -1.80. The average molecular weight is 408 g/mol. The summed E-state index contributed by atoms with van der Waals surface area (Å²) in [6.45, 7) is 2.70. The van der Waals surface area contributed by atoms with Crippen molar-refractivity contribution in [3.63, 3.8) is 0 Å². The minimum absolute atomic E-state index is 0.0371. The van der Waals surface area contributed by atoms with Crippen LogP contribution in [-0.2, 0) is 14.6 Å². The predicted octanol–water partition coefficient (Wildman–Crippen LogP) is 3.29. The minimum Gasteiger partial charge on any atom is -0.346 e. The zero-order valence-electron chi connectivity index (χ0n) is 15.8. The van der Waals surface area contributed by atoms with Gasteiger partial charge in [0, 0.05) is 24.6 Å². The number of nitrogens with one attached hydrogen (secondary N) is 1. The van der Waals surface area contributed by atoms with Gasteiger partial charge >= 0.3 is 0 Å². The highest BCUT2D eigenvalue weighted by Gasteiger charge is 2.32. The fourth-order valence-corrected chi connectivity index (χ4v) is 4.31. The molecule has 1 amide bonds. The van der Waals surface area contributed by atoms with E-state index in [-0.39, 0.29) is 22.1 Å². The molecular formula is C19H25N3O3S2. The summed E-state index contributed by atoms with van der Waals surface area (Å²) in [5.41, 5.74) is 1.59. The van der Waals surface area contributed by atoms with Crippen LogP contribution in [0.1, 0.15) is 38.1 Å². The Morgan fingerprint density at radius 1 is 1.30 bits per heavy atom. The van der Waals surface area contributed by atoms with Gasteiger partial charge in [-0.05, 0) is 44.6 Å². The number of hydrogen-bond donors (Lipinski definition) is 1. The lowest BCUT2D eigenvalue weighted by molar-refractivity contribution is -0.134. The van der Waals surface area contributed by atoms with E-state index in [1.165, 1.54) is 6.26 Å². The summed E-state index contributed by atoms with van der Waals surface area (Å²) in [4.78, 5) is 22.9. The third-order valence-corrected chi connectivity index (χ3v) is 7.02. The van der Waals surface area contributed by atoms with Crippen molar-refractivity contribution in [2.24, 2.45) is 0 Å². The SMILES string of the molecule is CSC(C)C(=O)N1CCCCC1c1nc(-c2ccc(S(C)(=O)=O)cc2)c[nH]1. The quantitative estimate of drug-likeness (QED) is 0.822. The molecule has 1 saturated heterocycles. The number of hydrogen-bond acceptors (Lipinski definition) is 5. The highest BCUT2D eigenvalue weighted by Crippen LogP contribution is 2.32. The first-order valence-corrected chi connectivity index (χ1v) is 12.2. The monoisotopic (exact) mass is 407 g/mol. The standard InChI is InChI=1S/C19H25N3O3S2/c1-13(26-2)19(23)22-11-5-4-6-17(22)18-20-12-16(21-18)14-7-9-15(10-8-14)27(3,24)25/h7-10,12-13,17H,4-6,11H2,1-3H3,(H,20,21). The van der Waals surface area contributed by atoms with Gasteiger partial charge in [0.2, 0.25) is 5.91 Å². The number of amides is 1. The van der Waals surface area contributed by atoms with Gasteiger partial charge in [0.1, 0.15) is 5.82 Å². The van der Waals surface area contributed by atoms with E-state index in [1.54, 1.807) is 36.0 Å². The van der Waals surface area contributed by atoms with Gasteiger partial charge in [0.05, 0.1) is 21.9 Å². The van der Waals surface area contributed by atoms with Gasteiger partial charge in [0.25, 0.3) is 0 Å². The van der Waals surface area contributed by atoms with E-state index in [2.05, 4.69) is 4.98 Å². The van der Waals surface area contributed by atoms with Crippen molar-refractivity contribution >= 4 is 27.5 Å². The summed E-state index contributed by atoms with van der Waals surface area (Å²) in [6, 6.07) is 6.67. The molecular weight excluding hydrogens is 382 g/mol. The number of aromatic nitrogens is 2. The van der Waals surface area contributed by atoms with Crippen molar-refractivity contribution in [1.29, 1.82) is 0 Å². The van der Waals surface area contributed by atoms with E-state index >= 15 is 0 Å². The van der Waals surface area contributed by atoms with Crippen LogP contribution in [0.15, 0.2) is 35.4 Å². The molecule has 6 nitrogen and oxygen atoms in total. The first kappa shape index (κ1) is 19.9. The second-order valence-electron chi connectivity index (χ2n) is 6.89. The number of thioether (sulfide) groups is 1. The molecule has 27 heavy (non-hydrogen) atoms. The molecule has 2 atom stereocenters. The van der Waals surface area contributed by atoms with E-state index in [0.29, 0.717) is 0 Å². The van der Waals surface area contributed by atoms with Crippen LogP contribution >= 0.6 is 11.8 Å². The molecule has 0 aliphatic carbocycles. The lowest BCUT2D eigenvalue weighted by Gasteiger charge is -2.36. The van der Waals surface area contributed by atoms with Crippen molar-refractivity contribution in [2.45, 2.75) is 42.4 Å².